The van der Waals surface area contributed by atoms with Gasteiger partial charge in [0.05, 0.1) is 10.6 Å². The van der Waals surface area contributed by atoms with Gasteiger partial charge in [0.2, 0.25) is 0 Å². The second-order valence-corrected chi connectivity index (χ2v) is 12.6. The molecule has 1 atom stereocenters. The Morgan fingerprint density at radius 1 is 0.875 bits per heavy atom. The first-order chi connectivity index (χ1) is 18.9. The van der Waals surface area contributed by atoms with Crippen LogP contribution in [0.2, 0.25) is 10.0 Å². The molecule has 0 aliphatic carbocycles. The van der Waals surface area contributed by atoms with E-state index in [2.05, 4.69) is 0 Å². The number of hydrogen-bond donors (Lipinski definition) is 0. The number of nitrogens with zero attached hydrogens (tertiary/aromatic N) is 2. The summed E-state index contributed by atoms with van der Waals surface area (Å²) in [5, 5.41) is 2.15. The number of anilines is 1. The molecule has 4 aromatic rings. The zero-order valence-corrected chi connectivity index (χ0v) is 25.0. The van der Waals surface area contributed by atoms with Gasteiger partial charge in [-0.1, -0.05) is 71.7 Å². The molecule has 1 amide bonds. The number of fused-ring (bicyclic) bond motifs is 1. The summed E-state index contributed by atoms with van der Waals surface area (Å²) in [6.07, 6.45) is 0. The van der Waals surface area contributed by atoms with Gasteiger partial charge in [0, 0.05) is 29.2 Å². The number of amides is 1. The second-order valence-electron chi connectivity index (χ2n) is 10.3. The molecule has 0 aliphatic rings. The van der Waals surface area contributed by atoms with Crippen molar-refractivity contribution in [2.45, 2.75) is 37.8 Å². The van der Waals surface area contributed by atoms with Gasteiger partial charge in [-0.05, 0) is 73.5 Å². The molecule has 6 nitrogen and oxygen atoms in total. The molecule has 0 aliphatic heterocycles. The van der Waals surface area contributed by atoms with Crippen molar-refractivity contribution >= 4 is 62.5 Å². The first-order valence-corrected chi connectivity index (χ1v) is 14.5. The van der Waals surface area contributed by atoms with Gasteiger partial charge < -0.3 is 9.64 Å². The van der Waals surface area contributed by atoms with Crippen LogP contribution in [0.3, 0.4) is 0 Å². The SMILES string of the molecule is CN(Cc1ccccc1)C(=O)c1cccc2cc(N(CC(=O)OC(C)(C)C)S(=O)c3cc(Cl)cc(Cl)c3)ccc12. The van der Waals surface area contributed by atoms with E-state index < -0.39 is 22.6 Å². The highest BCUT2D eigenvalue weighted by molar-refractivity contribution is 7.86. The van der Waals surface area contributed by atoms with Crippen molar-refractivity contribution < 1.29 is 18.5 Å². The topological polar surface area (TPSA) is 66.9 Å². The normalized spacial score (nSPS) is 12.2. The first-order valence-electron chi connectivity index (χ1n) is 12.6. The average molecular weight is 598 g/mol. The fourth-order valence-electron chi connectivity index (χ4n) is 4.24. The molecular weight excluding hydrogens is 567 g/mol. The van der Waals surface area contributed by atoms with Gasteiger partial charge in [-0.2, -0.15) is 0 Å². The van der Waals surface area contributed by atoms with Gasteiger partial charge in [-0.3, -0.25) is 13.9 Å². The zero-order chi connectivity index (χ0) is 29.0. The molecule has 0 N–H and O–H groups in total. The van der Waals surface area contributed by atoms with E-state index in [0.29, 0.717) is 32.7 Å². The van der Waals surface area contributed by atoms with E-state index in [9.17, 15) is 13.8 Å². The lowest BCUT2D eigenvalue weighted by Crippen LogP contribution is -2.36. The second kappa shape index (κ2) is 12.4. The molecule has 208 valence electrons. The third-order valence-electron chi connectivity index (χ3n) is 5.92. The zero-order valence-electron chi connectivity index (χ0n) is 22.7. The third-order valence-corrected chi connectivity index (χ3v) is 7.74. The molecule has 0 spiro atoms. The number of hydrogen-bond acceptors (Lipinski definition) is 4. The van der Waals surface area contributed by atoms with E-state index in [1.165, 1.54) is 4.31 Å². The van der Waals surface area contributed by atoms with Gasteiger partial charge in [0.25, 0.3) is 5.91 Å². The van der Waals surface area contributed by atoms with Gasteiger partial charge >= 0.3 is 5.97 Å². The molecule has 9 heteroatoms. The summed E-state index contributed by atoms with van der Waals surface area (Å²) < 4.78 is 20.7. The molecule has 0 saturated heterocycles. The number of esters is 1. The average Bonchev–Trinajstić information content (AvgIpc) is 2.89. The lowest BCUT2D eigenvalue weighted by Gasteiger charge is -2.26. The largest absolute Gasteiger partial charge is 0.459 e. The lowest BCUT2D eigenvalue weighted by atomic mass is 10.0. The standard InChI is InChI=1S/C31H30Cl2N2O4S/c1-31(2,3)39-29(36)20-35(40(38)26-17-23(32)16-24(33)18-26)25-13-14-27-22(15-25)11-8-12-28(27)30(37)34(4)19-21-9-6-5-7-10-21/h5-18H,19-20H2,1-4H3. The minimum atomic E-state index is -1.84. The Morgan fingerprint density at radius 3 is 2.20 bits per heavy atom. The van der Waals surface area contributed by atoms with Crippen molar-refractivity contribution in [2.24, 2.45) is 0 Å². The Kier molecular flexibility index (Phi) is 9.19. The Hall–Kier alpha value is -3.39. The first kappa shape index (κ1) is 29.6. The number of benzene rings is 4. The maximum Gasteiger partial charge on any atom is 0.327 e. The predicted molar refractivity (Wildman–Crippen MR) is 162 cm³/mol. The molecule has 0 fully saturated rings. The molecule has 40 heavy (non-hydrogen) atoms. The van der Waals surface area contributed by atoms with Crippen molar-refractivity contribution in [1.29, 1.82) is 0 Å². The third kappa shape index (κ3) is 7.42. The van der Waals surface area contributed by atoms with Crippen LogP contribution in [0.25, 0.3) is 10.8 Å². The van der Waals surface area contributed by atoms with Crippen LogP contribution in [0, 0.1) is 0 Å². The van der Waals surface area contributed by atoms with E-state index >= 15 is 0 Å². The van der Waals surface area contributed by atoms with Crippen molar-refractivity contribution in [3.63, 3.8) is 0 Å². The maximum absolute atomic E-state index is 13.8. The Balaban J connectivity index is 1.70. The summed E-state index contributed by atoms with van der Waals surface area (Å²) in [5.41, 5.74) is 1.37. The van der Waals surface area contributed by atoms with Gasteiger partial charge in [-0.15, -0.1) is 0 Å². The maximum atomic E-state index is 13.8. The Labute approximate surface area is 247 Å². The van der Waals surface area contributed by atoms with Gasteiger partial charge in [-0.25, -0.2) is 4.21 Å². The smallest absolute Gasteiger partial charge is 0.327 e. The number of halogens is 2. The number of carbonyl (C=O) groups is 2. The van der Waals surface area contributed by atoms with Crippen LogP contribution >= 0.6 is 23.2 Å². The predicted octanol–water partition coefficient (Wildman–Crippen LogP) is 7.29. The van der Waals surface area contributed by atoms with Crippen LogP contribution < -0.4 is 4.31 Å². The summed E-state index contributed by atoms with van der Waals surface area (Å²) >= 11 is 12.3. The van der Waals surface area contributed by atoms with Crippen LogP contribution in [0.4, 0.5) is 5.69 Å². The van der Waals surface area contributed by atoms with Crippen molar-refractivity contribution in [2.75, 3.05) is 17.9 Å². The number of carbonyl (C=O) groups excluding carboxylic acids is 2. The highest BCUT2D eigenvalue weighted by atomic mass is 35.5. The highest BCUT2D eigenvalue weighted by Crippen LogP contribution is 2.30. The molecule has 0 saturated carbocycles. The summed E-state index contributed by atoms with van der Waals surface area (Å²) in [6.45, 7) is 5.50. The molecule has 4 aromatic carbocycles. The van der Waals surface area contributed by atoms with E-state index in [1.807, 2.05) is 42.5 Å². The van der Waals surface area contributed by atoms with Gasteiger partial charge in [0.15, 0.2) is 11.0 Å². The molecule has 4 rings (SSSR count). The van der Waals surface area contributed by atoms with E-state index in [1.54, 1.807) is 75.2 Å². The van der Waals surface area contributed by atoms with Crippen molar-refractivity contribution in [3.05, 3.63) is 106 Å². The molecule has 0 heterocycles. The van der Waals surface area contributed by atoms with Crippen molar-refractivity contribution in [1.82, 2.24) is 4.90 Å². The van der Waals surface area contributed by atoms with Crippen molar-refractivity contribution in [3.8, 4) is 0 Å². The van der Waals surface area contributed by atoms with E-state index in [4.69, 9.17) is 27.9 Å². The van der Waals surface area contributed by atoms with E-state index in [-0.39, 0.29) is 12.5 Å². The highest BCUT2D eigenvalue weighted by Gasteiger charge is 2.25. The fraction of sp³-hybridized carbons (Fsp3) is 0.226. The summed E-state index contributed by atoms with van der Waals surface area (Å²) in [6, 6.07) is 25.2. The van der Waals surface area contributed by atoms with Crippen LogP contribution in [-0.2, 0) is 27.1 Å². The molecule has 0 radical (unpaired) electrons. The Bertz CT molecular complexity index is 1550. The van der Waals surface area contributed by atoms with Crippen LogP contribution in [-0.4, -0.2) is 40.2 Å². The number of rotatable bonds is 8. The molecule has 0 aromatic heterocycles. The monoisotopic (exact) mass is 596 g/mol. The van der Waals surface area contributed by atoms with Crippen LogP contribution in [0.5, 0.6) is 0 Å². The minimum Gasteiger partial charge on any atom is -0.459 e. The fourth-order valence-corrected chi connectivity index (χ4v) is 6.13. The summed E-state index contributed by atoms with van der Waals surface area (Å²) in [5.74, 6) is -0.662. The van der Waals surface area contributed by atoms with Gasteiger partial charge in [0.1, 0.15) is 12.1 Å². The Morgan fingerprint density at radius 2 is 1.55 bits per heavy atom. The molecular formula is C31H30Cl2N2O4S. The van der Waals surface area contributed by atoms with Crippen LogP contribution in [0.15, 0.2) is 89.8 Å². The summed E-state index contributed by atoms with van der Waals surface area (Å²) in [7, 11) is -0.0720. The van der Waals surface area contributed by atoms with E-state index in [0.717, 1.165) is 16.3 Å². The summed E-state index contributed by atoms with van der Waals surface area (Å²) in [4.78, 5) is 28.3. The quantitative estimate of drug-likeness (QED) is 0.200. The lowest BCUT2D eigenvalue weighted by molar-refractivity contribution is -0.152. The number of ether oxygens (including phenoxy) is 1. The molecule has 0 bridgehead atoms. The van der Waals surface area contributed by atoms with Crippen LogP contribution in [0.1, 0.15) is 36.7 Å². The molecule has 1 unspecified atom stereocenters. The minimum absolute atomic E-state index is 0.120.